The van der Waals surface area contributed by atoms with Gasteiger partial charge in [-0.25, -0.2) is 4.57 Å². The van der Waals surface area contributed by atoms with Crippen LogP contribution in [0.4, 0.5) is 0 Å². The molecule has 0 aromatic heterocycles. The van der Waals surface area contributed by atoms with Crippen molar-refractivity contribution in [1.29, 1.82) is 0 Å². The fourth-order valence-corrected chi connectivity index (χ4v) is 8.23. The van der Waals surface area contributed by atoms with E-state index in [0.717, 1.165) is 70.6 Å². The molecule has 0 aromatic rings. The van der Waals surface area contributed by atoms with E-state index >= 15 is 0 Å². The zero-order valence-corrected chi connectivity index (χ0v) is 42.4. The van der Waals surface area contributed by atoms with E-state index in [-0.39, 0.29) is 38.6 Å². The highest BCUT2D eigenvalue weighted by molar-refractivity contribution is 7.47. The van der Waals surface area contributed by atoms with Crippen LogP contribution >= 0.6 is 7.82 Å². The normalized spacial score (nSPS) is 13.5. The highest BCUT2D eigenvalue weighted by Crippen LogP contribution is 2.43. The lowest BCUT2D eigenvalue weighted by Crippen LogP contribution is -2.29. The molecule has 0 aliphatic heterocycles. The number of esters is 2. The van der Waals surface area contributed by atoms with E-state index in [1.165, 1.54) is 148 Å². The van der Waals surface area contributed by atoms with Gasteiger partial charge < -0.3 is 20.1 Å². The lowest BCUT2D eigenvalue weighted by atomic mass is 10.0. The summed E-state index contributed by atoms with van der Waals surface area (Å²) in [5.41, 5.74) is 5.37. The minimum atomic E-state index is -4.38. The highest BCUT2D eigenvalue weighted by atomic mass is 31.2. The molecule has 0 radical (unpaired) electrons. The first-order chi connectivity index (χ1) is 31.3. The lowest BCUT2D eigenvalue weighted by molar-refractivity contribution is -0.161. The summed E-state index contributed by atoms with van der Waals surface area (Å²) in [5, 5.41) is 0. The maximum atomic E-state index is 12.7. The molecule has 3 N–H and O–H groups in total. The van der Waals surface area contributed by atoms with Crippen molar-refractivity contribution in [3.05, 3.63) is 48.6 Å². The molecule has 0 fully saturated rings. The van der Waals surface area contributed by atoms with Gasteiger partial charge in [-0.05, 0) is 77.0 Å². The van der Waals surface area contributed by atoms with Crippen LogP contribution in [0, 0.1) is 0 Å². The van der Waals surface area contributed by atoms with E-state index in [4.69, 9.17) is 24.3 Å². The molecular formula is C54H100NO8P. The monoisotopic (exact) mass is 922 g/mol. The summed E-state index contributed by atoms with van der Waals surface area (Å²) in [5.74, 6) is -0.833. The van der Waals surface area contributed by atoms with Crippen molar-refractivity contribution in [2.45, 2.75) is 258 Å². The summed E-state index contributed by atoms with van der Waals surface area (Å²) in [6, 6.07) is 0. The fourth-order valence-electron chi connectivity index (χ4n) is 7.46. The van der Waals surface area contributed by atoms with Gasteiger partial charge in [0.2, 0.25) is 0 Å². The van der Waals surface area contributed by atoms with Gasteiger partial charge in [0.05, 0.1) is 13.2 Å². The maximum absolute atomic E-state index is 12.7. The standard InChI is InChI=1S/C54H100NO8P/c1-3-5-7-9-11-13-15-17-19-20-21-22-23-24-25-26-27-28-29-30-31-32-33-35-37-39-41-43-45-47-54(57)63-52(51-62-64(58,59)61-49-48-55)50-60-53(56)46-44-42-40-38-36-34-18-16-14-12-10-8-6-4-2/h15-18,20-21,23-24,52H,3-14,19,22,25-51,55H2,1-2H3,(H,58,59)/b17-15-,18-16-,21-20-,24-23-. The van der Waals surface area contributed by atoms with E-state index in [1.807, 2.05) is 0 Å². The molecule has 64 heavy (non-hydrogen) atoms. The number of hydrogen-bond acceptors (Lipinski definition) is 8. The SMILES string of the molecule is CCCCCCC/C=C\C/C=C\C/C=C\CCCCCCCCCCCCCCCCC(=O)OC(COC(=O)CCCCCCC/C=C\CCCCCCC)COP(=O)(O)OCCN. The minimum Gasteiger partial charge on any atom is -0.462 e. The zero-order chi connectivity index (χ0) is 46.7. The number of phosphoric ester groups is 1. The summed E-state index contributed by atoms with van der Waals surface area (Å²) < 4.78 is 32.9. The van der Waals surface area contributed by atoms with Gasteiger partial charge in [0.15, 0.2) is 6.10 Å². The van der Waals surface area contributed by atoms with Gasteiger partial charge in [0.1, 0.15) is 6.61 Å². The summed E-state index contributed by atoms with van der Waals surface area (Å²) in [4.78, 5) is 35.0. The molecule has 374 valence electrons. The van der Waals surface area contributed by atoms with E-state index in [9.17, 15) is 19.0 Å². The molecule has 0 rings (SSSR count). The Morgan fingerprint density at radius 2 is 0.812 bits per heavy atom. The van der Waals surface area contributed by atoms with Crippen LogP contribution in [0.15, 0.2) is 48.6 Å². The van der Waals surface area contributed by atoms with Gasteiger partial charge in [0, 0.05) is 19.4 Å². The Balaban J connectivity index is 3.96. The number of nitrogens with two attached hydrogens (primary N) is 1. The van der Waals surface area contributed by atoms with Crippen molar-refractivity contribution in [3.63, 3.8) is 0 Å². The van der Waals surface area contributed by atoms with E-state index in [0.29, 0.717) is 6.42 Å². The molecule has 2 unspecified atom stereocenters. The summed E-state index contributed by atoms with van der Waals surface area (Å²) >= 11 is 0. The van der Waals surface area contributed by atoms with Crippen molar-refractivity contribution in [1.82, 2.24) is 0 Å². The molecule has 0 bridgehead atoms. The van der Waals surface area contributed by atoms with E-state index in [2.05, 4.69) is 62.5 Å². The van der Waals surface area contributed by atoms with E-state index < -0.39 is 26.5 Å². The largest absolute Gasteiger partial charge is 0.472 e. The van der Waals surface area contributed by atoms with Crippen LogP contribution < -0.4 is 5.73 Å². The van der Waals surface area contributed by atoms with Crippen LogP contribution in [0.5, 0.6) is 0 Å². The second-order valence-corrected chi connectivity index (χ2v) is 19.2. The molecule has 2 atom stereocenters. The predicted molar refractivity (Wildman–Crippen MR) is 270 cm³/mol. The van der Waals surface area contributed by atoms with Gasteiger partial charge in [-0.2, -0.15) is 0 Å². The summed E-state index contributed by atoms with van der Waals surface area (Å²) in [7, 11) is -4.38. The average molecular weight is 922 g/mol. The third-order valence-corrected chi connectivity index (χ3v) is 12.4. The third-order valence-electron chi connectivity index (χ3n) is 11.4. The average Bonchev–Trinajstić information content (AvgIpc) is 3.28. The number of carbonyl (C=O) groups excluding carboxylic acids is 2. The topological polar surface area (TPSA) is 134 Å². The van der Waals surface area contributed by atoms with Crippen LogP contribution in [0.3, 0.4) is 0 Å². The number of allylic oxidation sites excluding steroid dienone is 8. The van der Waals surface area contributed by atoms with Gasteiger partial charge >= 0.3 is 19.8 Å². The molecule has 0 aliphatic carbocycles. The molecule has 0 saturated heterocycles. The predicted octanol–water partition coefficient (Wildman–Crippen LogP) is 16.2. The Kier molecular flexibility index (Phi) is 48.8. The van der Waals surface area contributed by atoms with Crippen molar-refractivity contribution >= 4 is 19.8 Å². The molecule has 0 amide bonds. The van der Waals surface area contributed by atoms with Crippen molar-refractivity contribution in [2.24, 2.45) is 5.73 Å². The summed E-state index contributed by atoms with van der Waals surface area (Å²) in [6.45, 7) is 3.73. The molecule has 10 heteroatoms. The second-order valence-electron chi connectivity index (χ2n) is 17.7. The zero-order valence-electron chi connectivity index (χ0n) is 41.5. The first-order valence-electron chi connectivity index (χ1n) is 26.6. The number of unbranched alkanes of at least 4 members (excludes halogenated alkanes) is 29. The van der Waals surface area contributed by atoms with Crippen LogP contribution in [0.1, 0.15) is 251 Å². The number of phosphoric acid groups is 1. The highest BCUT2D eigenvalue weighted by Gasteiger charge is 2.26. The molecule has 0 spiro atoms. The van der Waals surface area contributed by atoms with Crippen LogP contribution in [-0.2, 0) is 32.7 Å². The molecule has 0 aromatic carbocycles. The maximum Gasteiger partial charge on any atom is 0.472 e. The Labute approximate surface area is 394 Å². The van der Waals surface area contributed by atoms with Gasteiger partial charge in [-0.15, -0.1) is 0 Å². The quantitative estimate of drug-likeness (QED) is 0.0265. The number of carbonyl (C=O) groups is 2. The fraction of sp³-hybridized carbons (Fsp3) is 0.815. The van der Waals surface area contributed by atoms with Gasteiger partial charge in [0.25, 0.3) is 0 Å². The summed E-state index contributed by atoms with van der Waals surface area (Å²) in [6.07, 6.45) is 60.2. The molecule has 9 nitrogen and oxygen atoms in total. The van der Waals surface area contributed by atoms with Crippen molar-refractivity contribution < 1.29 is 37.6 Å². The van der Waals surface area contributed by atoms with Crippen LogP contribution in [-0.4, -0.2) is 49.3 Å². The minimum absolute atomic E-state index is 0.0520. The smallest absolute Gasteiger partial charge is 0.462 e. The first-order valence-corrected chi connectivity index (χ1v) is 28.1. The van der Waals surface area contributed by atoms with Crippen LogP contribution in [0.2, 0.25) is 0 Å². The molecule has 0 saturated carbocycles. The second kappa shape index (κ2) is 50.4. The van der Waals surface area contributed by atoms with Crippen LogP contribution in [0.25, 0.3) is 0 Å². The van der Waals surface area contributed by atoms with Crippen molar-refractivity contribution in [2.75, 3.05) is 26.4 Å². The number of rotatable bonds is 50. The van der Waals surface area contributed by atoms with Gasteiger partial charge in [-0.1, -0.05) is 210 Å². The Morgan fingerprint density at radius 3 is 1.22 bits per heavy atom. The molecule has 0 heterocycles. The Bertz CT molecular complexity index is 1190. The van der Waals surface area contributed by atoms with Gasteiger partial charge in [-0.3, -0.25) is 18.6 Å². The third kappa shape index (κ3) is 49.4. The van der Waals surface area contributed by atoms with Crippen molar-refractivity contribution in [3.8, 4) is 0 Å². The number of hydrogen-bond donors (Lipinski definition) is 2. The first kappa shape index (κ1) is 62.0. The Hall–Kier alpha value is -2.03. The Morgan fingerprint density at radius 1 is 0.469 bits per heavy atom. The molecule has 0 aliphatic rings. The lowest BCUT2D eigenvalue weighted by Gasteiger charge is -2.19. The molecular weight excluding hydrogens is 822 g/mol. The number of ether oxygens (including phenoxy) is 2. The van der Waals surface area contributed by atoms with E-state index in [1.54, 1.807) is 0 Å².